The third-order valence-corrected chi connectivity index (χ3v) is 3.93. The summed E-state index contributed by atoms with van der Waals surface area (Å²) >= 11 is 0. The zero-order chi connectivity index (χ0) is 14.2. The van der Waals surface area contributed by atoms with E-state index in [1.807, 2.05) is 0 Å². The lowest BCUT2D eigenvalue weighted by molar-refractivity contribution is 0.153. The number of rotatable bonds is 7. The molecule has 5 nitrogen and oxygen atoms in total. The molecule has 1 aromatic heterocycles. The zero-order valence-electron chi connectivity index (χ0n) is 12.8. The summed E-state index contributed by atoms with van der Waals surface area (Å²) in [5.41, 5.74) is 0. The Bertz CT molecular complexity index is 381. The van der Waals surface area contributed by atoms with Gasteiger partial charge in [-0.3, -0.25) is 4.90 Å². The van der Waals surface area contributed by atoms with Crippen LogP contribution in [0.1, 0.15) is 50.7 Å². The number of nitrogens with zero attached hydrogens (tertiary/aromatic N) is 3. The van der Waals surface area contributed by atoms with Gasteiger partial charge in [-0.15, -0.1) is 0 Å². The molecule has 1 aliphatic heterocycles. The zero-order valence-corrected chi connectivity index (χ0v) is 12.8. The van der Waals surface area contributed by atoms with Crippen molar-refractivity contribution in [3.05, 3.63) is 11.7 Å². The molecule has 0 amide bonds. The normalized spacial score (nSPS) is 21.0. The number of hydrogen-bond acceptors (Lipinski definition) is 5. The van der Waals surface area contributed by atoms with Crippen molar-refractivity contribution < 1.29 is 9.26 Å². The second-order valence-electron chi connectivity index (χ2n) is 5.73. The summed E-state index contributed by atoms with van der Waals surface area (Å²) in [5, 5.41) is 4.03. The van der Waals surface area contributed by atoms with Crippen LogP contribution in [0.3, 0.4) is 0 Å². The summed E-state index contributed by atoms with van der Waals surface area (Å²) in [4.78, 5) is 6.92. The first-order valence-electron chi connectivity index (χ1n) is 7.84. The van der Waals surface area contributed by atoms with Crippen molar-refractivity contribution in [1.82, 2.24) is 15.0 Å². The van der Waals surface area contributed by atoms with E-state index in [1.54, 1.807) is 7.11 Å². The Balaban J connectivity index is 1.85. The number of likely N-dealkylation sites (tertiary alicyclic amines) is 1. The molecular weight excluding hydrogens is 254 g/mol. The highest BCUT2D eigenvalue weighted by atomic mass is 16.5. The van der Waals surface area contributed by atoms with Gasteiger partial charge in [0, 0.05) is 26.7 Å². The second-order valence-corrected chi connectivity index (χ2v) is 5.73. The second kappa shape index (κ2) is 8.37. The molecule has 0 spiro atoms. The van der Waals surface area contributed by atoms with E-state index in [0.29, 0.717) is 0 Å². The predicted molar refractivity (Wildman–Crippen MR) is 77.4 cm³/mol. The first kappa shape index (κ1) is 15.4. The molecule has 1 aromatic rings. The summed E-state index contributed by atoms with van der Waals surface area (Å²) in [7, 11) is 1.78. The van der Waals surface area contributed by atoms with Crippen LogP contribution in [0.2, 0.25) is 0 Å². The fourth-order valence-corrected chi connectivity index (χ4v) is 2.85. The van der Waals surface area contributed by atoms with Gasteiger partial charge >= 0.3 is 0 Å². The number of hydrogen-bond donors (Lipinski definition) is 0. The molecule has 5 heteroatoms. The summed E-state index contributed by atoms with van der Waals surface area (Å²) in [6.07, 6.45) is 7.00. The Kier molecular flexibility index (Phi) is 6.47. The highest BCUT2D eigenvalue weighted by Gasteiger charge is 2.20. The van der Waals surface area contributed by atoms with Gasteiger partial charge < -0.3 is 9.26 Å². The van der Waals surface area contributed by atoms with E-state index in [4.69, 9.17) is 9.26 Å². The third-order valence-electron chi connectivity index (χ3n) is 3.93. The Morgan fingerprint density at radius 3 is 3.10 bits per heavy atom. The first-order valence-corrected chi connectivity index (χ1v) is 7.84. The maximum Gasteiger partial charge on any atom is 0.240 e. The fourth-order valence-electron chi connectivity index (χ4n) is 2.85. The van der Waals surface area contributed by atoms with Crippen LogP contribution in [0.15, 0.2) is 4.52 Å². The number of ether oxygens (including phenoxy) is 1. The van der Waals surface area contributed by atoms with E-state index < -0.39 is 0 Å². The quantitative estimate of drug-likeness (QED) is 0.769. The molecule has 1 fully saturated rings. The smallest absolute Gasteiger partial charge is 0.240 e. The average molecular weight is 281 g/mol. The van der Waals surface area contributed by atoms with E-state index in [9.17, 15) is 0 Å². The van der Waals surface area contributed by atoms with E-state index in [2.05, 4.69) is 22.0 Å². The van der Waals surface area contributed by atoms with Crippen LogP contribution in [0.5, 0.6) is 0 Å². The number of aryl methyl sites for hydroxylation is 1. The van der Waals surface area contributed by atoms with Crippen molar-refractivity contribution in [2.24, 2.45) is 5.92 Å². The van der Waals surface area contributed by atoms with Gasteiger partial charge in [-0.05, 0) is 38.1 Å². The van der Waals surface area contributed by atoms with Gasteiger partial charge in [0.25, 0.3) is 0 Å². The SMILES string of the molecule is CCCc1noc(CN2CCCC[C@@H](CCOC)C2)n1. The molecule has 1 aliphatic rings. The van der Waals surface area contributed by atoms with Crippen molar-refractivity contribution in [3.8, 4) is 0 Å². The minimum atomic E-state index is 0.732. The molecule has 20 heavy (non-hydrogen) atoms. The minimum absolute atomic E-state index is 0.732. The Morgan fingerprint density at radius 2 is 2.30 bits per heavy atom. The summed E-state index contributed by atoms with van der Waals surface area (Å²) in [6.45, 7) is 6.04. The molecule has 2 heterocycles. The van der Waals surface area contributed by atoms with Crippen molar-refractivity contribution >= 4 is 0 Å². The molecular formula is C15H27N3O2. The predicted octanol–water partition coefficient (Wildman–Crippen LogP) is 2.66. The molecule has 0 radical (unpaired) electrons. The summed E-state index contributed by atoms with van der Waals surface area (Å²) < 4.78 is 10.6. The van der Waals surface area contributed by atoms with Crippen molar-refractivity contribution in [3.63, 3.8) is 0 Å². The fraction of sp³-hybridized carbons (Fsp3) is 0.867. The molecule has 1 saturated heterocycles. The van der Waals surface area contributed by atoms with Gasteiger partial charge in [-0.2, -0.15) is 4.98 Å². The molecule has 114 valence electrons. The van der Waals surface area contributed by atoms with Gasteiger partial charge in [-0.1, -0.05) is 18.5 Å². The molecule has 0 N–H and O–H groups in total. The van der Waals surface area contributed by atoms with Crippen molar-refractivity contribution in [2.45, 2.75) is 52.0 Å². The van der Waals surface area contributed by atoms with E-state index in [0.717, 1.165) is 63.1 Å². The molecule has 0 saturated carbocycles. The van der Waals surface area contributed by atoms with E-state index in [-0.39, 0.29) is 0 Å². The average Bonchev–Trinajstić information content (AvgIpc) is 2.75. The van der Waals surface area contributed by atoms with Gasteiger partial charge in [0.05, 0.1) is 6.54 Å². The van der Waals surface area contributed by atoms with Crippen molar-refractivity contribution in [2.75, 3.05) is 26.8 Å². The Labute approximate surface area is 121 Å². The maximum atomic E-state index is 5.35. The van der Waals surface area contributed by atoms with Gasteiger partial charge in [0.2, 0.25) is 5.89 Å². The van der Waals surface area contributed by atoms with Crippen LogP contribution in [0, 0.1) is 5.92 Å². The first-order chi connectivity index (χ1) is 9.81. The standard InChI is InChI=1S/C15H27N3O2/c1-3-6-14-16-15(20-17-14)12-18-9-5-4-7-13(11-18)8-10-19-2/h13H,3-12H2,1-2H3/t13-/m0/s1. The Morgan fingerprint density at radius 1 is 1.40 bits per heavy atom. The largest absolute Gasteiger partial charge is 0.385 e. The van der Waals surface area contributed by atoms with Gasteiger partial charge in [-0.25, -0.2) is 0 Å². The summed E-state index contributed by atoms with van der Waals surface area (Å²) in [5.74, 6) is 2.34. The minimum Gasteiger partial charge on any atom is -0.385 e. The highest BCUT2D eigenvalue weighted by Crippen LogP contribution is 2.20. The van der Waals surface area contributed by atoms with Crippen LogP contribution < -0.4 is 0 Å². The van der Waals surface area contributed by atoms with Crippen molar-refractivity contribution in [1.29, 1.82) is 0 Å². The van der Waals surface area contributed by atoms with Crippen LogP contribution in [-0.4, -0.2) is 41.8 Å². The van der Waals surface area contributed by atoms with Crippen LogP contribution >= 0.6 is 0 Å². The lowest BCUT2D eigenvalue weighted by Gasteiger charge is -2.22. The number of aromatic nitrogens is 2. The Hall–Kier alpha value is -0.940. The molecule has 0 unspecified atom stereocenters. The van der Waals surface area contributed by atoms with E-state index >= 15 is 0 Å². The topological polar surface area (TPSA) is 51.4 Å². The monoisotopic (exact) mass is 281 g/mol. The van der Waals surface area contributed by atoms with Crippen LogP contribution in [0.25, 0.3) is 0 Å². The molecule has 0 bridgehead atoms. The molecule has 0 aromatic carbocycles. The number of methoxy groups -OCH3 is 1. The van der Waals surface area contributed by atoms with Gasteiger partial charge in [0.15, 0.2) is 5.82 Å². The van der Waals surface area contributed by atoms with Crippen LogP contribution in [-0.2, 0) is 17.7 Å². The molecule has 1 atom stereocenters. The molecule has 0 aliphatic carbocycles. The lowest BCUT2D eigenvalue weighted by Crippen LogP contribution is -2.28. The third kappa shape index (κ3) is 4.87. The lowest BCUT2D eigenvalue weighted by atomic mass is 10.0. The van der Waals surface area contributed by atoms with Gasteiger partial charge in [0.1, 0.15) is 0 Å². The maximum absolute atomic E-state index is 5.35. The van der Waals surface area contributed by atoms with Crippen LogP contribution in [0.4, 0.5) is 0 Å². The van der Waals surface area contributed by atoms with E-state index in [1.165, 1.54) is 19.3 Å². The summed E-state index contributed by atoms with van der Waals surface area (Å²) in [6, 6.07) is 0. The molecule has 2 rings (SSSR count). The highest BCUT2D eigenvalue weighted by molar-refractivity contribution is 4.87.